The molecule has 3 N–H and O–H groups in total. The smallest absolute Gasteiger partial charge is 0.140 e. The lowest BCUT2D eigenvalue weighted by atomic mass is 10.2. The second kappa shape index (κ2) is 5.32. The molecule has 4 nitrogen and oxygen atoms in total. The summed E-state index contributed by atoms with van der Waals surface area (Å²) in [7, 11) is 0. The molecule has 1 aromatic heterocycles. The van der Waals surface area contributed by atoms with Crippen LogP contribution in [0.1, 0.15) is 24.8 Å². The Kier molecular flexibility index (Phi) is 3.79. The highest BCUT2D eigenvalue weighted by Gasteiger charge is 2.28. The highest BCUT2D eigenvalue weighted by atomic mass is 32.1. The van der Waals surface area contributed by atoms with Crippen molar-refractivity contribution in [3.63, 3.8) is 0 Å². The lowest BCUT2D eigenvalue weighted by Gasteiger charge is -2.20. The van der Waals surface area contributed by atoms with Gasteiger partial charge in [0.05, 0.1) is 0 Å². The fraction of sp³-hybridized carbons (Fsp3) is 0.545. The summed E-state index contributed by atoms with van der Waals surface area (Å²) in [6.45, 7) is 1.85. The number of oxime groups is 1. The second-order valence-corrected chi connectivity index (χ2v) is 4.95. The van der Waals surface area contributed by atoms with Gasteiger partial charge in [0.15, 0.2) is 0 Å². The van der Waals surface area contributed by atoms with Crippen LogP contribution in [0.2, 0.25) is 0 Å². The molecule has 1 heterocycles. The Labute approximate surface area is 99.4 Å². The molecule has 2 rings (SSSR count). The average molecular weight is 239 g/mol. The van der Waals surface area contributed by atoms with Crippen molar-refractivity contribution in [3.8, 4) is 0 Å². The Balaban J connectivity index is 1.85. The van der Waals surface area contributed by atoms with Gasteiger partial charge in [0.1, 0.15) is 5.84 Å². The number of thiophene rings is 1. The SMILES string of the molecule is N/C(CCN(Cc1ccsc1)C1CC1)=N/O. The Hall–Kier alpha value is -1.07. The molecule has 0 radical (unpaired) electrons. The first-order valence-electron chi connectivity index (χ1n) is 5.51. The van der Waals surface area contributed by atoms with Gasteiger partial charge in [0.2, 0.25) is 0 Å². The Morgan fingerprint density at radius 3 is 3.00 bits per heavy atom. The number of hydrogen-bond acceptors (Lipinski definition) is 4. The summed E-state index contributed by atoms with van der Waals surface area (Å²) in [4.78, 5) is 2.42. The maximum Gasteiger partial charge on any atom is 0.140 e. The molecule has 88 valence electrons. The van der Waals surface area contributed by atoms with E-state index < -0.39 is 0 Å². The molecule has 0 unspecified atom stereocenters. The van der Waals surface area contributed by atoms with E-state index in [-0.39, 0.29) is 0 Å². The van der Waals surface area contributed by atoms with Gasteiger partial charge in [0, 0.05) is 25.6 Å². The zero-order valence-corrected chi connectivity index (χ0v) is 9.99. The minimum absolute atomic E-state index is 0.316. The normalized spacial score (nSPS) is 16.9. The van der Waals surface area contributed by atoms with Gasteiger partial charge in [-0.1, -0.05) is 5.16 Å². The van der Waals surface area contributed by atoms with Crippen LogP contribution in [0.3, 0.4) is 0 Å². The molecule has 1 aliphatic carbocycles. The maximum atomic E-state index is 8.50. The van der Waals surface area contributed by atoms with Gasteiger partial charge in [-0.15, -0.1) is 0 Å². The Morgan fingerprint density at radius 2 is 2.44 bits per heavy atom. The van der Waals surface area contributed by atoms with E-state index in [1.165, 1.54) is 18.4 Å². The first kappa shape index (κ1) is 11.4. The molecule has 0 aromatic carbocycles. The molecular formula is C11H17N3OS. The lowest BCUT2D eigenvalue weighted by Crippen LogP contribution is -2.29. The molecule has 1 saturated carbocycles. The van der Waals surface area contributed by atoms with Crippen LogP contribution in [0.15, 0.2) is 22.0 Å². The van der Waals surface area contributed by atoms with E-state index in [9.17, 15) is 0 Å². The van der Waals surface area contributed by atoms with Crippen molar-refractivity contribution in [3.05, 3.63) is 22.4 Å². The van der Waals surface area contributed by atoms with E-state index in [1.54, 1.807) is 11.3 Å². The Morgan fingerprint density at radius 1 is 1.62 bits per heavy atom. The van der Waals surface area contributed by atoms with Crippen molar-refractivity contribution in [1.82, 2.24) is 4.90 Å². The van der Waals surface area contributed by atoms with Gasteiger partial charge >= 0.3 is 0 Å². The van der Waals surface area contributed by atoms with Crippen LogP contribution < -0.4 is 5.73 Å². The first-order valence-corrected chi connectivity index (χ1v) is 6.45. The number of amidine groups is 1. The second-order valence-electron chi connectivity index (χ2n) is 4.17. The van der Waals surface area contributed by atoms with Crippen LogP contribution >= 0.6 is 11.3 Å². The van der Waals surface area contributed by atoms with E-state index in [0.29, 0.717) is 18.3 Å². The van der Waals surface area contributed by atoms with Gasteiger partial charge in [-0.25, -0.2) is 0 Å². The third-order valence-corrected chi connectivity index (χ3v) is 3.54. The summed E-state index contributed by atoms with van der Waals surface area (Å²) < 4.78 is 0. The molecule has 0 saturated heterocycles. The molecule has 0 aliphatic heterocycles. The highest BCUT2D eigenvalue weighted by Crippen LogP contribution is 2.28. The standard InChI is InChI=1S/C11H17N3OS/c12-11(13-15)3-5-14(10-1-2-10)7-9-4-6-16-8-9/h4,6,8,10,15H,1-3,5,7H2,(H2,12,13). The molecule has 0 bridgehead atoms. The van der Waals surface area contributed by atoms with Crippen molar-refractivity contribution in [2.45, 2.75) is 31.8 Å². The van der Waals surface area contributed by atoms with Crippen molar-refractivity contribution in [1.29, 1.82) is 0 Å². The van der Waals surface area contributed by atoms with E-state index in [1.807, 2.05) is 0 Å². The molecule has 0 atom stereocenters. The van der Waals surface area contributed by atoms with Gasteiger partial charge in [-0.2, -0.15) is 11.3 Å². The van der Waals surface area contributed by atoms with Gasteiger partial charge in [0.25, 0.3) is 0 Å². The number of hydrogen-bond donors (Lipinski definition) is 2. The summed E-state index contributed by atoms with van der Waals surface area (Å²) in [5.74, 6) is 0.316. The third kappa shape index (κ3) is 3.21. The molecule has 1 fully saturated rings. The highest BCUT2D eigenvalue weighted by molar-refractivity contribution is 7.07. The molecule has 5 heteroatoms. The largest absolute Gasteiger partial charge is 0.409 e. The average Bonchev–Trinajstić information content (AvgIpc) is 3.02. The van der Waals surface area contributed by atoms with Crippen LogP contribution in [-0.4, -0.2) is 28.5 Å². The van der Waals surface area contributed by atoms with E-state index >= 15 is 0 Å². The van der Waals surface area contributed by atoms with Crippen molar-refractivity contribution >= 4 is 17.2 Å². The Bertz CT molecular complexity index is 346. The molecule has 16 heavy (non-hydrogen) atoms. The predicted molar refractivity (Wildman–Crippen MR) is 65.8 cm³/mol. The van der Waals surface area contributed by atoms with Crippen molar-refractivity contribution in [2.75, 3.05) is 6.54 Å². The summed E-state index contributed by atoms with van der Waals surface area (Å²) in [5, 5.41) is 15.8. The molecule has 1 aliphatic rings. The zero-order valence-electron chi connectivity index (χ0n) is 9.17. The van der Waals surface area contributed by atoms with Gasteiger partial charge in [-0.3, -0.25) is 4.90 Å². The summed E-state index contributed by atoms with van der Waals surface area (Å²) in [6.07, 6.45) is 3.19. The predicted octanol–water partition coefficient (Wildman–Crippen LogP) is 1.85. The van der Waals surface area contributed by atoms with E-state index in [2.05, 4.69) is 26.9 Å². The lowest BCUT2D eigenvalue weighted by molar-refractivity contribution is 0.260. The topological polar surface area (TPSA) is 61.8 Å². The molecular weight excluding hydrogens is 222 g/mol. The van der Waals surface area contributed by atoms with E-state index in [4.69, 9.17) is 10.9 Å². The third-order valence-electron chi connectivity index (χ3n) is 2.81. The minimum atomic E-state index is 0.316. The fourth-order valence-electron chi connectivity index (χ4n) is 1.76. The molecule has 0 amide bonds. The van der Waals surface area contributed by atoms with E-state index in [0.717, 1.165) is 13.1 Å². The van der Waals surface area contributed by atoms with Crippen molar-refractivity contribution < 1.29 is 5.21 Å². The van der Waals surface area contributed by atoms with Crippen molar-refractivity contribution in [2.24, 2.45) is 10.9 Å². The summed E-state index contributed by atoms with van der Waals surface area (Å²) in [6, 6.07) is 2.86. The fourth-order valence-corrected chi connectivity index (χ4v) is 2.42. The maximum absolute atomic E-state index is 8.50. The minimum Gasteiger partial charge on any atom is -0.409 e. The van der Waals surface area contributed by atoms with Crippen LogP contribution in [0.4, 0.5) is 0 Å². The van der Waals surface area contributed by atoms with Gasteiger partial charge in [-0.05, 0) is 35.2 Å². The van der Waals surface area contributed by atoms with Crippen LogP contribution in [0.25, 0.3) is 0 Å². The van der Waals surface area contributed by atoms with Gasteiger partial charge < -0.3 is 10.9 Å². The summed E-state index contributed by atoms with van der Waals surface area (Å²) in [5.41, 5.74) is 6.85. The van der Waals surface area contributed by atoms with Crippen LogP contribution in [-0.2, 0) is 6.54 Å². The number of nitrogens with two attached hydrogens (primary N) is 1. The monoisotopic (exact) mass is 239 g/mol. The quantitative estimate of drug-likeness (QED) is 0.345. The van der Waals surface area contributed by atoms with Crippen LogP contribution in [0.5, 0.6) is 0 Å². The van der Waals surface area contributed by atoms with Crippen LogP contribution in [0, 0.1) is 0 Å². The molecule has 1 aromatic rings. The molecule has 0 spiro atoms. The number of rotatable bonds is 6. The zero-order chi connectivity index (χ0) is 11.4. The first-order chi connectivity index (χ1) is 7.79. The number of nitrogens with zero attached hydrogens (tertiary/aromatic N) is 2. The summed E-state index contributed by atoms with van der Waals surface area (Å²) >= 11 is 1.73.